The molecule has 0 aromatic rings. The maximum Gasteiger partial charge on any atom is 0.325 e. The van der Waals surface area contributed by atoms with Gasteiger partial charge in [0, 0.05) is 0 Å². The molecule has 1 heterocycles. The molecule has 2 aliphatic rings. The number of nitrogens with one attached hydrogen (secondary N) is 1. The summed E-state index contributed by atoms with van der Waals surface area (Å²) < 4.78 is 4.90. The van der Waals surface area contributed by atoms with E-state index in [9.17, 15) is 4.79 Å². The third-order valence-electron chi connectivity index (χ3n) is 4.46. The minimum absolute atomic E-state index is 0.107. The lowest BCUT2D eigenvalue weighted by Gasteiger charge is -2.45. The predicted octanol–water partition coefficient (Wildman–Crippen LogP) is 1.96. The molecule has 2 rings (SSSR count). The van der Waals surface area contributed by atoms with Crippen molar-refractivity contribution in [1.82, 2.24) is 5.32 Å². The lowest BCUT2D eigenvalue weighted by molar-refractivity contribution is -0.150. The Balaban J connectivity index is 2.05. The second-order valence-corrected chi connectivity index (χ2v) is 5.85. The summed E-state index contributed by atoms with van der Waals surface area (Å²) in [6.45, 7) is 5.28. The number of fused-ring (bicyclic) bond motifs is 1. The number of carbonyl (C=O) groups excluding carboxylic acids is 1. The Labute approximate surface area is 97.9 Å². The molecular formula is C13H23NO2. The summed E-state index contributed by atoms with van der Waals surface area (Å²) in [6.07, 6.45) is 4.88. The van der Waals surface area contributed by atoms with Gasteiger partial charge in [-0.05, 0) is 50.5 Å². The van der Waals surface area contributed by atoms with Crippen molar-refractivity contribution in [2.45, 2.75) is 45.1 Å². The zero-order chi connectivity index (χ0) is 11.8. The molecular weight excluding hydrogens is 202 g/mol. The summed E-state index contributed by atoms with van der Waals surface area (Å²) in [5.41, 5.74) is -0.451. The Bertz CT molecular complexity index is 279. The summed E-state index contributed by atoms with van der Waals surface area (Å²) in [6, 6.07) is 0. The molecule has 16 heavy (non-hydrogen) atoms. The van der Waals surface area contributed by atoms with Gasteiger partial charge in [-0.15, -0.1) is 0 Å². The molecule has 0 aromatic heterocycles. The Morgan fingerprint density at radius 1 is 1.38 bits per heavy atom. The molecule has 0 radical (unpaired) electrons. The van der Waals surface area contributed by atoms with Crippen molar-refractivity contribution in [2.24, 2.45) is 17.8 Å². The number of rotatable bonds is 1. The minimum atomic E-state index is -0.451. The van der Waals surface area contributed by atoms with Gasteiger partial charge in [0.15, 0.2) is 0 Å². The Hall–Kier alpha value is -0.570. The van der Waals surface area contributed by atoms with Crippen molar-refractivity contribution in [3.8, 4) is 0 Å². The fourth-order valence-corrected chi connectivity index (χ4v) is 3.41. The van der Waals surface area contributed by atoms with E-state index in [1.807, 2.05) is 6.92 Å². The van der Waals surface area contributed by atoms with Gasteiger partial charge in [-0.3, -0.25) is 4.79 Å². The molecule has 4 unspecified atom stereocenters. The first-order valence-corrected chi connectivity index (χ1v) is 6.38. The molecule has 1 aliphatic carbocycles. The van der Waals surface area contributed by atoms with Crippen LogP contribution in [0.5, 0.6) is 0 Å². The molecule has 1 saturated heterocycles. The van der Waals surface area contributed by atoms with Crippen LogP contribution in [0.15, 0.2) is 0 Å². The number of esters is 1. The molecule has 4 atom stereocenters. The van der Waals surface area contributed by atoms with Crippen molar-refractivity contribution in [1.29, 1.82) is 0 Å². The normalized spacial score (nSPS) is 43.6. The number of hydrogen-bond acceptors (Lipinski definition) is 3. The third kappa shape index (κ3) is 2.10. The zero-order valence-corrected chi connectivity index (χ0v) is 10.6. The molecule has 3 nitrogen and oxygen atoms in total. The predicted molar refractivity (Wildman–Crippen MR) is 63.0 cm³/mol. The van der Waals surface area contributed by atoms with Crippen molar-refractivity contribution in [2.75, 3.05) is 13.7 Å². The Kier molecular flexibility index (Phi) is 3.24. The van der Waals surface area contributed by atoms with E-state index < -0.39 is 5.54 Å². The van der Waals surface area contributed by atoms with Crippen molar-refractivity contribution in [3.05, 3.63) is 0 Å². The molecule has 0 spiro atoms. The largest absolute Gasteiger partial charge is 0.468 e. The lowest BCUT2D eigenvalue weighted by Crippen LogP contribution is -2.58. The van der Waals surface area contributed by atoms with E-state index >= 15 is 0 Å². The maximum atomic E-state index is 11.8. The number of carbonyl (C=O) groups is 1. The molecule has 1 N–H and O–H groups in total. The van der Waals surface area contributed by atoms with Crippen molar-refractivity contribution < 1.29 is 9.53 Å². The SMILES string of the molecule is COC(=O)C1(C)CC2CC(C)CCC2CN1. The van der Waals surface area contributed by atoms with Gasteiger partial charge >= 0.3 is 5.97 Å². The van der Waals surface area contributed by atoms with Crippen LogP contribution in [0.4, 0.5) is 0 Å². The van der Waals surface area contributed by atoms with Crippen LogP contribution in [0.1, 0.15) is 39.5 Å². The van der Waals surface area contributed by atoms with Crippen LogP contribution in [-0.4, -0.2) is 25.2 Å². The van der Waals surface area contributed by atoms with E-state index in [-0.39, 0.29) is 5.97 Å². The van der Waals surface area contributed by atoms with Gasteiger partial charge in [0.05, 0.1) is 7.11 Å². The van der Waals surface area contributed by atoms with E-state index in [1.54, 1.807) is 0 Å². The number of ether oxygens (including phenoxy) is 1. The van der Waals surface area contributed by atoms with Gasteiger partial charge in [-0.2, -0.15) is 0 Å². The fourth-order valence-electron chi connectivity index (χ4n) is 3.41. The molecule has 2 fully saturated rings. The van der Waals surface area contributed by atoms with Crippen LogP contribution in [0.25, 0.3) is 0 Å². The molecule has 0 aromatic carbocycles. The van der Waals surface area contributed by atoms with Crippen LogP contribution in [0, 0.1) is 17.8 Å². The number of methoxy groups -OCH3 is 1. The van der Waals surface area contributed by atoms with E-state index in [2.05, 4.69) is 12.2 Å². The van der Waals surface area contributed by atoms with Gasteiger partial charge in [0.2, 0.25) is 0 Å². The fraction of sp³-hybridized carbons (Fsp3) is 0.923. The minimum Gasteiger partial charge on any atom is -0.468 e. The van der Waals surface area contributed by atoms with Crippen LogP contribution in [0.3, 0.4) is 0 Å². The highest BCUT2D eigenvalue weighted by Gasteiger charge is 2.44. The van der Waals surface area contributed by atoms with Crippen LogP contribution in [0.2, 0.25) is 0 Å². The van der Waals surface area contributed by atoms with Gasteiger partial charge in [-0.25, -0.2) is 0 Å². The average Bonchev–Trinajstić information content (AvgIpc) is 2.27. The summed E-state index contributed by atoms with van der Waals surface area (Å²) >= 11 is 0. The van der Waals surface area contributed by atoms with Gasteiger partial charge in [-0.1, -0.05) is 13.3 Å². The third-order valence-corrected chi connectivity index (χ3v) is 4.46. The molecule has 0 bridgehead atoms. The first kappa shape index (κ1) is 11.9. The monoisotopic (exact) mass is 225 g/mol. The molecule has 1 saturated carbocycles. The highest BCUT2D eigenvalue weighted by Crippen LogP contribution is 2.41. The van der Waals surface area contributed by atoms with E-state index in [0.717, 1.165) is 24.8 Å². The molecule has 3 heteroatoms. The molecule has 1 aliphatic heterocycles. The van der Waals surface area contributed by atoms with Crippen LogP contribution < -0.4 is 5.32 Å². The summed E-state index contributed by atoms with van der Waals surface area (Å²) in [7, 11) is 1.48. The molecule has 0 amide bonds. The summed E-state index contributed by atoms with van der Waals surface area (Å²) in [5, 5.41) is 3.39. The van der Waals surface area contributed by atoms with E-state index in [4.69, 9.17) is 4.74 Å². The Morgan fingerprint density at radius 2 is 2.12 bits per heavy atom. The smallest absolute Gasteiger partial charge is 0.325 e. The van der Waals surface area contributed by atoms with Crippen molar-refractivity contribution >= 4 is 5.97 Å². The first-order chi connectivity index (χ1) is 7.55. The van der Waals surface area contributed by atoms with Gasteiger partial charge < -0.3 is 10.1 Å². The summed E-state index contributed by atoms with van der Waals surface area (Å²) in [4.78, 5) is 11.8. The quantitative estimate of drug-likeness (QED) is 0.693. The van der Waals surface area contributed by atoms with Gasteiger partial charge in [0.25, 0.3) is 0 Å². The summed E-state index contributed by atoms with van der Waals surface area (Å²) in [5.74, 6) is 2.19. The molecule has 92 valence electrons. The second kappa shape index (κ2) is 4.36. The van der Waals surface area contributed by atoms with Crippen LogP contribution in [-0.2, 0) is 9.53 Å². The second-order valence-electron chi connectivity index (χ2n) is 5.85. The highest BCUT2D eigenvalue weighted by atomic mass is 16.5. The standard InChI is InChI=1S/C13H23NO2/c1-9-4-5-10-8-14-13(2,12(15)16-3)7-11(10)6-9/h9-11,14H,4-8H2,1-3H3. The van der Waals surface area contributed by atoms with E-state index in [1.165, 1.54) is 26.4 Å². The lowest BCUT2D eigenvalue weighted by atomic mass is 9.67. The number of hydrogen-bond donors (Lipinski definition) is 1. The maximum absolute atomic E-state index is 11.8. The van der Waals surface area contributed by atoms with Crippen molar-refractivity contribution in [3.63, 3.8) is 0 Å². The average molecular weight is 225 g/mol. The van der Waals surface area contributed by atoms with Crippen LogP contribution >= 0.6 is 0 Å². The first-order valence-electron chi connectivity index (χ1n) is 6.38. The van der Waals surface area contributed by atoms with E-state index in [0.29, 0.717) is 5.92 Å². The Morgan fingerprint density at radius 3 is 2.81 bits per heavy atom. The van der Waals surface area contributed by atoms with Gasteiger partial charge in [0.1, 0.15) is 5.54 Å². The highest BCUT2D eigenvalue weighted by molar-refractivity contribution is 5.80. The zero-order valence-electron chi connectivity index (χ0n) is 10.6. The number of piperidine rings is 1. The topological polar surface area (TPSA) is 38.3 Å².